The maximum absolute atomic E-state index is 12.7. The first-order valence-corrected chi connectivity index (χ1v) is 8.14. The lowest BCUT2D eigenvalue weighted by Gasteiger charge is -2.17. The fourth-order valence-electron chi connectivity index (χ4n) is 3.02. The number of nitrogens with one attached hydrogen (secondary N) is 1. The molecule has 1 aromatic carbocycles. The second kappa shape index (κ2) is 6.43. The van der Waals surface area contributed by atoms with Crippen molar-refractivity contribution in [2.24, 2.45) is 0 Å². The van der Waals surface area contributed by atoms with Gasteiger partial charge < -0.3 is 19.4 Å². The fraction of sp³-hybridized carbons (Fsp3) is 0.278. The van der Waals surface area contributed by atoms with Crippen LogP contribution in [-0.2, 0) is 0 Å². The summed E-state index contributed by atoms with van der Waals surface area (Å²) in [5.41, 5.74) is 1.64. The summed E-state index contributed by atoms with van der Waals surface area (Å²) in [7, 11) is 1.54. The highest BCUT2D eigenvalue weighted by Gasteiger charge is 2.28. The van der Waals surface area contributed by atoms with Crippen LogP contribution >= 0.6 is 0 Å². The first kappa shape index (κ1) is 15.4. The van der Waals surface area contributed by atoms with Crippen LogP contribution in [0.5, 0.6) is 11.8 Å². The average Bonchev–Trinajstić information content (AvgIpc) is 3.30. The zero-order valence-electron chi connectivity index (χ0n) is 13.8. The summed E-state index contributed by atoms with van der Waals surface area (Å²) in [5.74, 6) is 0.895. The van der Waals surface area contributed by atoms with Crippen molar-refractivity contribution in [1.29, 1.82) is 0 Å². The lowest BCUT2D eigenvalue weighted by molar-refractivity contribution is 0.0771. The number of carbonyl (C=O) groups is 1. The van der Waals surface area contributed by atoms with Crippen LogP contribution < -0.4 is 9.47 Å². The van der Waals surface area contributed by atoms with Gasteiger partial charge in [0.1, 0.15) is 6.10 Å². The number of fused-ring (bicyclic) bond motifs is 1. The minimum absolute atomic E-state index is 0.0171. The second-order valence-corrected chi connectivity index (χ2v) is 5.97. The first-order valence-electron chi connectivity index (χ1n) is 8.14. The molecule has 2 aromatic heterocycles. The van der Waals surface area contributed by atoms with E-state index in [-0.39, 0.29) is 12.0 Å². The van der Waals surface area contributed by atoms with E-state index in [1.165, 1.54) is 7.11 Å². The molecule has 1 aliphatic heterocycles. The minimum Gasteiger partial charge on any atom is -0.480 e. The third kappa shape index (κ3) is 3.13. The molecule has 0 spiro atoms. The van der Waals surface area contributed by atoms with Gasteiger partial charge in [0.05, 0.1) is 13.7 Å². The Morgan fingerprint density at radius 2 is 2.04 bits per heavy atom. The number of aromatic amines is 1. The molecule has 3 heterocycles. The van der Waals surface area contributed by atoms with Crippen LogP contribution in [0.2, 0.25) is 0 Å². The summed E-state index contributed by atoms with van der Waals surface area (Å²) in [6.07, 6.45) is 2.56. The standard InChI is InChI=1S/C18H18N4O3/c1-24-16-4-5-17(21-20-16)25-14-7-9-22(11-14)18(23)13-3-2-12-6-8-19-15(12)10-13/h2-6,8,10,14,19H,7,9,11H2,1H3/t14-/m1/s1. The third-order valence-corrected chi connectivity index (χ3v) is 4.35. The highest BCUT2D eigenvalue weighted by molar-refractivity contribution is 5.98. The van der Waals surface area contributed by atoms with E-state index < -0.39 is 0 Å². The molecule has 0 aliphatic carbocycles. The molecule has 0 radical (unpaired) electrons. The normalized spacial score (nSPS) is 17.0. The molecule has 1 atom stereocenters. The maximum atomic E-state index is 12.7. The van der Waals surface area contributed by atoms with Crippen LogP contribution in [0, 0.1) is 0 Å². The monoisotopic (exact) mass is 338 g/mol. The Morgan fingerprint density at radius 1 is 1.20 bits per heavy atom. The van der Waals surface area contributed by atoms with Crippen LogP contribution in [0.3, 0.4) is 0 Å². The quantitative estimate of drug-likeness (QED) is 0.789. The number of aromatic nitrogens is 3. The van der Waals surface area contributed by atoms with Crippen molar-refractivity contribution in [3.05, 3.63) is 48.2 Å². The van der Waals surface area contributed by atoms with E-state index in [1.807, 2.05) is 35.4 Å². The largest absolute Gasteiger partial charge is 0.480 e. The summed E-state index contributed by atoms with van der Waals surface area (Å²) in [6, 6.07) is 11.1. The smallest absolute Gasteiger partial charge is 0.254 e. The molecule has 0 bridgehead atoms. The van der Waals surface area contributed by atoms with Gasteiger partial charge in [0.25, 0.3) is 5.91 Å². The molecule has 4 rings (SSSR count). The van der Waals surface area contributed by atoms with E-state index in [2.05, 4.69) is 15.2 Å². The van der Waals surface area contributed by atoms with Crippen LogP contribution in [0.4, 0.5) is 0 Å². The van der Waals surface area contributed by atoms with Gasteiger partial charge in [0, 0.05) is 42.4 Å². The molecule has 128 valence electrons. The van der Waals surface area contributed by atoms with Gasteiger partial charge in [-0.15, -0.1) is 10.2 Å². The van der Waals surface area contributed by atoms with Crippen molar-refractivity contribution in [2.45, 2.75) is 12.5 Å². The van der Waals surface area contributed by atoms with Gasteiger partial charge in [-0.1, -0.05) is 6.07 Å². The van der Waals surface area contributed by atoms with Crippen molar-refractivity contribution in [2.75, 3.05) is 20.2 Å². The van der Waals surface area contributed by atoms with E-state index in [0.717, 1.165) is 17.3 Å². The second-order valence-electron chi connectivity index (χ2n) is 5.97. The number of hydrogen-bond acceptors (Lipinski definition) is 5. The Balaban J connectivity index is 1.41. The predicted octanol–water partition coefficient (Wildman–Crippen LogP) is 2.26. The molecule has 7 heteroatoms. The molecule has 0 saturated carbocycles. The van der Waals surface area contributed by atoms with E-state index >= 15 is 0 Å². The van der Waals surface area contributed by atoms with Gasteiger partial charge in [0.15, 0.2) is 0 Å². The molecule has 1 aliphatic rings. The Labute approximate surface area is 144 Å². The Morgan fingerprint density at radius 3 is 2.84 bits per heavy atom. The number of amides is 1. The van der Waals surface area contributed by atoms with Crippen LogP contribution in [0.25, 0.3) is 10.9 Å². The molecular weight excluding hydrogens is 320 g/mol. The molecule has 0 unspecified atom stereocenters. The SMILES string of the molecule is COc1ccc(O[C@@H]2CCN(C(=O)c3ccc4cc[nH]c4c3)C2)nn1. The number of carbonyl (C=O) groups excluding carboxylic acids is 1. The number of benzene rings is 1. The van der Waals surface area contributed by atoms with Gasteiger partial charge in [0.2, 0.25) is 11.8 Å². The minimum atomic E-state index is -0.0825. The van der Waals surface area contributed by atoms with Crippen molar-refractivity contribution >= 4 is 16.8 Å². The van der Waals surface area contributed by atoms with E-state index in [0.29, 0.717) is 30.4 Å². The van der Waals surface area contributed by atoms with Gasteiger partial charge in [-0.2, -0.15) is 0 Å². The molecule has 3 aromatic rings. The topological polar surface area (TPSA) is 80.3 Å². The van der Waals surface area contributed by atoms with Crippen molar-refractivity contribution < 1.29 is 14.3 Å². The summed E-state index contributed by atoms with van der Waals surface area (Å²) in [6.45, 7) is 1.20. The fourth-order valence-corrected chi connectivity index (χ4v) is 3.02. The molecule has 7 nitrogen and oxygen atoms in total. The number of likely N-dealkylation sites (tertiary alicyclic amines) is 1. The molecule has 25 heavy (non-hydrogen) atoms. The van der Waals surface area contributed by atoms with Gasteiger partial charge in [-0.25, -0.2) is 0 Å². The summed E-state index contributed by atoms with van der Waals surface area (Å²) in [5, 5.41) is 8.94. The molecule has 1 fully saturated rings. The van der Waals surface area contributed by atoms with Crippen LogP contribution in [-0.4, -0.2) is 52.3 Å². The van der Waals surface area contributed by atoms with E-state index in [1.54, 1.807) is 12.1 Å². The van der Waals surface area contributed by atoms with Gasteiger partial charge >= 0.3 is 0 Å². The number of hydrogen-bond donors (Lipinski definition) is 1. The van der Waals surface area contributed by atoms with Crippen LogP contribution in [0.15, 0.2) is 42.6 Å². The Hall–Kier alpha value is -3.09. The number of methoxy groups -OCH3 is 1. The van der Waals surface area contributed by atoms with E-state index in [9.17, 15) is 4.79 Å². The molecule has 1 saturated heterocycles. The molecule has 1 N–H and O–H groups in total. The highest BCUT2D eigenvalue weighted by atomic mass is 16.5. The first-order chi connectivity index (χ1) is 12.2. The zero-order valence-corrected chi connectivity index (χ0v) is 13.8. The number of nitrogens with zero attached hydrogens (tertiary/aromatic N) is 3. The van der Waals surface area contributed by atoms with Crippen molar-refractivity contribution in [3.8, 4) is 11.8 Å². The number of ether oxygens (including phenoxy) is 2. The van der Waals surface area contributed by atoms with Gasteiger partial charge in [-0.05, 0) is 23.6 Å². The Kier molecular flexibility index (Phi) is 3.97. The summed E-state index contributed by atoms with van der Waals surface area (Å²) >= 11 is 0. The molecule has 1 amide bonds. The third-order valence-electron chi connectivity index (χ3n) is 4.35. The summed E-state index contributed by atoms with van der Waals surface area (Å²) < 4.78 is 10.8. The highest BCUT2D eigenvalue weighted by Crippen LogP contribution is 2.21. The van der Waals surface area contributed by atoms with Crippen molar-refractivity contribution in [3.63, 3.8) is 0 Å². The lowest BCUT2D eigenvalue weighted by Crippen LogP contribution is -2.31. The van der Waals surface area contributed by atoms with E-state index in [4.69, 9.17) is 9.47 Å². The molecular formula is C18H18N4O3. The predicted molar refractivity (Wildman–Crippen MR) is 91.8 cm³/mol. The van der Waals surface area contributed by atoms with Gasteiger partial charge in [-0.3, -0.25) is 4.79 Å². The zero-order chi connectivity index (χ0) is 17.2. The number of rotatable bonds is 4. The summed E-state index contributed by atoms with van der Waals surface area (Å²) in [4.78, 5) is 17.7. The lowest BCUT2D eigenvalue weighted by atomic mass is 10.1. The van der Waals surface area contributed by atoms with Crippen molar-refractivity contribution in [1.82, 2.24) is 20.1 Å². The number of H-pyrrole nitrogens is 1. The van der Waals surface area contributed by atoms with Crippen LogP contribution in [0.1, 0.15) is 16.8 Å². The maximum Gasteiger partial charge on any atom is 0.254 e. The Bertz CT molecular complexity index is 891. The average molecular weight is 338 g/mol.